The van der Waals surface area contributed by atoms with Gasteiger partial charge in [0.2, 0.25) is 0 Å². The van der Waals surface area contributed by atoms with Crippen LogP contribution in [0.2, 0.25) is 5.02 Å². The van der Waals surface area contributed by atoms with Crippen molar-refractivity contribution >= 4 is 17.4 Å². The van der Waals surface area contributed by atoms with Gasteiger partial charge in [-0.1, -0.05) is 49.0 Å². The van der Waals surface area contributed by atoms with Crippen LogP contribution in [0, 0.1) is 32.5 Å². The number of halogens is 2. The van der Waals surface area contributed by atoms with Gasteiger partial charge in [-0.15, -0.1) is 0 Å². The largest absolute Gasteiger partial charge is 0.491 e. The predicted molar refractivity (Wildman–Crippen MR) is 175 cm³/mol. The molecule has 3 aromatic rings. The normalized spacial score (nSPS) is 17.5. The minimum Gasteiger partial charge on any atom is -0.491 e. The van der Waals surface area contributed by atoms with Crippen molar-refractivity contribution in [1.82, 2.24) is 15.6 Å². The minimum atomic E-state index is -0.302. The molecule has 5 nitrogen and oxygen atoms in total. The summed E-state index contributed by atoms with van der Waals surface area (Å²) in [4.78, 5) is 9.88. The lowest BCUT2D eigenvalue weighted by atomic mass is 9.92. The van der Waals surface area contributed by atoms with Crippen LogP contribution in [0.3, 0.4) is 0 Å². The highest BCUT2D eigenvalue weighted by Crippen LogP contribution is 2.39. The fourth-order valence-electron chi connectivity index (χ4n) is 5.25. The molecule has 5 rings (SSSR count). The maximum Gasteiger partial charge on any atom is 0.148 e. The number of pyridine rings is 1. The lowest BCUT2D eigenvalue weighted by molar-refractivity contribution is 0.337. The van der Waals surface area contributed by atoms with Crippen molar-refractivity contribution in [2.24, 2.45) is 10.9 Å². The molecule has 2 heterocycles. The Hall–Kier alpha value is -4.16. The smallest absolute Gasteiger partial charge is 0.148 e. The first-order valence-corrected chi connectivity index (χ1v) is 15.0. The molecule has 2 N–H and O–H groups in total. The third-order valence-electron chi connectivity index (χ3n) is 7.84. The first-order chi connectivity index (χ1) is 20.7. The zero-order valence-electron chi connectivity index (χ0n) is 25.2. The van der Waals surface area contributed by atoms with E-state index in [4.69, 9.17) is 26.3 Å². The molecule has 0 radical (unpaired) electrons. The van der Waals surface area contributed by atoms with E-state index in [1.807, 2.05) is 70.3 Å². The average molecular weight is 597 g/mol. The van der Waals surface area contributed by atoms with Crippen LogP contribution >= 0.6 is 11.6 Å². The van der Waals surface area contributed by atoms with E-state index in [0.717, 1.165) is 69.2 Å². The van der Waals surface area contributed by atoms with Gasteiger partial charge in [0, 0.05) is 52.1 Å². The highest BCUT2D eigenvalue weighted by Gasteiger charge is 2.28. The molecule has 2 aromatic carbocycles. The maximum atomic E-state index is 14.5. The molecule has 1 fully saturated rings. The van der Waals surface area contributed by atoms with Crippen molar-refractivity contribution in [3.05, 3.63) is 130 Å². The zero-order chi connectivity index (χ0) is 30.7. The Labute approximate surface area is 259 Å². The van der Waals surface area contributed by atoms with Gasteiger partial charge in [-0.2, -0.15) is 0 Å². The van der Waals surface area contributed by atoms with Crippen LogP contribution < -0.4 is 15.4 Å². The lowest BCUT2D eigenvalue weighted by Crippen LogP contribution is -2.25. The van der Waals surface area contributed by atoms with Crippen LogP contribution in [0.25, 0.3) is 11.3 Å². The number of nitrogens with one attached hydrogen (secondary N) is 2. The number of hydrogen-bond donors (Lipinski definition) is 2. The molecule has 1 atom stereocenters. The molecule has 43 heavy (non-hydrogen) atoms. The maximum absolute atomic E-state index is 14.5. The molecule has 0 amide bonds. The highest BCUT2D eigenvalue weighted by molar-refractivity contribution is 6.32. The molecule has 1 aliphatic carbocycles. The lowest BCUT2D eigenvalue weighted by Gasteiger charge is -2.23. The monoisotopic (exact) mass is 596 g/mol. The van der Waals surface area contributed by atoms with Crippen molar-refractivity contribution in [3.8, 4) is 17.0 Å². The van der Waals surface area contributed by atoms with Gasteiger partial charge < -0.3 is 15.4 Å². The molecule has 0 saturated heterocycles. The molecule has 0 bridgehead atoms. The first kappa shape index (κ1) is 30.3. The summed E-state index contributed by atoms with van der Waals surface area (Å²) < 4.78 is 20.7. The van der Waals surface area contributed by atoms with Gasteiger partial charge in [0.05, 0.1) is 12.3 Å². The number of rotatable bonds is 10. The third kappa shape index (κ3) is 6.91. The highest BCUT2D eigenvalue weighted by atomic mass is 35.5. The van der Waals surface area contributed by atoms with E-state index < -0.39 is 0 Å². The second-order valence-corrected chi connectivity index (χ2v) is 11.5. The van der Waals surface area contributed by atoms with Gasteiger partial charge in [-0.3, -0.25) is 0 Å². The van der Waals surface area contributed by atoms with E-state index in [0.29, 0.717) is 35.5 Å². The van der Waals surface area contributed by atoms with Crippen molar-refractivity contribution in [3.63, 3.8) is 0 Å². The standard InChI is InChI=1S/C36H38ClFN4O/c1-7-43-35-22(3)17-32(42-34(35)30-16-11-21(2)33(37)24(30)5)31(27-9-8-10-29(38)18-27)20-39-25(6)28-13-12-23(4)41-36(40-19-28)26-14-15-26/h8-13,16-19,26,31,39H,4,6-7,14-15,20H2,1-3,5H3,(H,40,41)/b13-12-,28-19+. The Morgan fingerprint density at radius 3 is 2.65 bits per heavy atom. The Balaban J connectivity index is 1.53. The Morgan fingerprint density at radius 2 is 1.93 bits per heavy atom. The molecule has 1 aliphatic heterocycles. The van der Waals surface area contributed by atoms with E-state index in [2.05, 4.69) is 23.8 Å². The number of nitrogens with zero attached hydrogens (tertiary/aromatic N) is 2. The van der Waals surface area contributed by atoms with Crippen LogP contribution in [0.1, 0.15) is 53.6 Å². The summed E-state index contributed by atoms with van der Waals surface area (Å²) >= 11 is 6.68. The fraction of sp³-hybridized carbons (Fsp3) is 0.278. The van der Waals surface area contributed by atoms with Gasteiger partial charge in [-0.05, 0) is 93.1 Å². The second kappa shape index (κ2) is 13.0. The van der Waals surface area contributed by atoms with Crippen molar-refractivity contribution < 1.29 is 9.13 Å². The van der Waals surface area contributed by atoms with Crippen LogP contribution in [0.5, 0.6) is 5.75 Å². The summed E-state index contributed by atoms with van der Waals surface area (Å²) in [5.74, 6) is 1.51. The minimum absolute atomic E-state index is 0.290. The molecule has 222 valence electrons. The molecule has 2 aliphatic rings. The zero-order valence-corrected chi connectivity index (χ0v) is 26.0. The van der Waals surface area contributed by atoms with E-state index in [1.54, 1.807) is 12.1 Å². The SMILES string of the molecule is C=C1/C=C\C(C(=C)NCC(c2cccc(F)c2)c2cc(C)c(OCC)c(-c3ccc(C)c(Cl)c3C)n2)=C/N=C(C2CC2)N1. The molecular formula is C36H38ClFN4O. The van der Waals surface area contributed by atoms with E-state index in [-0.39, 0.29) is 11.7 Å². The average Bonchev–Trinajstić information content (AvgIpc) is 3.81. The molecule has 1 aromatic heterocycles. The Morgan fingerprint density at radius 1 is 1.14 bits per heavy atom. The summed E-state index contributed by atoms with van der Waals surface area (Å²) in [5, 5.41) is 7.49. The van der Waals surface area contributed by atoms with E-state index in [9.17, 15) is 4.39 Å². The summed E-state index contributed by atoms with van der Waals surface area (Å²) in [6.07, 6.45) is 7.96. The van der Waals surface area contributed by atoms with Crippen LogP contribution in [0.4, 0.5) is 4.39 Å². The topological polar surface area (TPSA) is 58.5 Å². The fourth-order valence-corrected chi connectivity index (χ4v) is 5.41. The van der Waals surface area contributed by atoms with Crippen molar-refractivity contribution in [1.29, 1.82) is 0 Å². The number of aromatic nitrogens is 1. The number of amidine groups is 1. The summed E-state index contributed by atoms with van der Waals surface area (Å²) in [7, 11) is 0. The second-order valence-electron chi connectivity index (χ2n) is 11.2. The third-order valence-corrected chi connectivity index (χ3v) is 8.42. The molecular weight excluding hydrogens is 559 g/mol. The van der Waals surface area contributed by atoms with E-state index in [1.165, 1.54) is 6.07 Å². The van der Waals surface area contributed by atoms with Crippen molar-refractivity contribution in [2.75, 3.05) is 13.2 Å². The molecule has 0 spiro atoms. The van der Waals surface area contributed by atoms with Gasteiger partial charge >= 0.3 is 0 Å². The predicted octanol–water partition coefficient (Wildman–Crippen LogP) is 8.47. The van der Waals surface area contributed by atoms with Crippen molar-refractivity contribution in [2.45, 2.75) is 46.5 Å². The van der Waals surface area contributed by atoms with Crippen LogP contribution in [-0.4, -0.2) is 24.0 Å². The number of aliphatic imine (C=N–C) groups is 1. The Kier molecular flexibility index (Phi) is 9.16. The molecule has 7 heteroatoms. The number of hydrogen-bond acceptors (Lipinski definition) is 5. The van der Waals surface area contributed by atoms with Gasteiger partial charge in [0.1, 0.15) is 23.1 Å². The number of benzene rings is 2. The van der Waals surface area contributed by atoms with E-state index >= 15 is 0 Å². The summed E-state index contributed by atoms with van der Waals surface area (Å²) in [6, 6.07) is 12.7. The van der Waals surface area contributed by atoms with Gasteiger partial charge in [0.15, 0.2) is 0 Å². The number of allylic oxidation sites excluding steroid dienone is 2. The summed E-state index contributed by atoms with van der Waals surface area (Å²) in [6.45, 7) is 17.3. The summed E-state index contributed by atoms with van der Waals surface area (Å²) in [5.41, 5.74) is 8.42. The van der Waals surface area contributed by atoms with Crippen LogP contribution in [0.15, 0.2) is 95.9 Å². The molecule has 1 saturated carbocycles. The number of aryl methyl sites for hydroxylation is 2. The van der Waals surface area contributed by atoms with Crippen LogP contribution in [-0.2, 0) is 0 Å². The molecule has 1 unspecified atom stereocenters. The van der Waals surface area contributed by atoms with Gasteiger partial charge in [-0.25, -0.2) is 14.4 Å². The van der Waals surface area contributed by atoms with Gasteiger partial charge in [0.25, 0.3) is 0 Å². The first-order valence-electron chi connectivity index (χ1n) is 14.7. The Bertz CT molecular complexity index is 1670. The number of ether oxygens (including phenoxy) is 1. The quantitative estimate of drug-likeness (QED) is 0.246.